The molecule has 1 aromatic carbocycles. The highest BCUT2D eigenvalue weighted by Gasteiger charge is 2.18. The molecule has 0 unspecified atom stereocenters. The first-order chi connectivity index (χ1) is 9.31. The van der Waals surface area contributed by atoms with E-state index in [1.807, 2.05) is 24.3 Å². The first-order valence-electron chi connectivity index (χ1n) is 6.30. The van der Waals surface area contributed by atoms with E-state index in [1.54, 1.807) is 10.8 Å². The zero-order valence-electron chi connectivity index (χ0n) is 10.2. The molecule has 5 heteroatoms. The maximum Gasteiger partial charge on any atom is 0.182 e. The molecule has 0 atom stereocenters. The maximum atomic E-state index is 5.90. The number of aromatic nitrogens is 4. The van der Waals surface area contributed by atoms with Crippen molar-refractivity contribution in [2.75, 3.05) is 0 Å². The van der Waals surface area contributed by atoms with Crippen LogP contribution in [0.25, 0.3) is 17.0 Å². The molecule has 0 saturated heterocycles. The van der Waals surface area contributed by atoms with Crippen molar-refractivity contribution in [3.8, 4) is 11.4 Å². The van der Waals surface area contributed by atoms with Gasteiger partial charge in [-0.3, -0.25) is 0 Å². The topological polar surface area (TPSA) is 43.1 Å². The average Bonchev–Trinajstić information content (AvgIpc) is 3.04. The molecule has 0 amide bonds. The van der Waals surface area contributed by atoms with E-state index in [1.165, 1.54) is 11.3 Å². The van der Waals surface area contributed by atoms with Gasteiger partial charge in [-0.05, 0) is 43.5 Å². The Labute approximate surface area is 115 Å². The fourth-order valence-electron chi connectivity index (χ4n) is 2.57. The lowest BCUT2D eigenvalue weighted by Gasteiger charge is -1.97. The molecule has 1 aliphatic rings. The second-order valence-corrected chi connectivity index (χ2v) is 5.17. The molecular formula is C14H11ClN4. The van der Waals surface area contributed by atoms with E-state index in [9.17, 15) is 0 Å². The molecular weight excluding hydrogens is 260 g/mol. The predicted octanol–water partition coefficient (Wildman–Crippen LogP) is 2.93. The number of halogens is 1. The highest BCUT2D eigenvalue weighted by molar-refractivity contribution is 6.30. The fourth-order valence-corrected chi connectivity index (χ4v) is 2.69. The SMILES string of the molecule is Clc1ccc(-c2nc3c4c(ncn3n2)CCC4)cc1. The van der Waals surface area contributed by atoms with E-state index < -0.39 is 0 Å². The number of benzene rings is 1. The molecule has 2 heterocycles. The van der Waals surface area contributed by atoms with Crippen LogP contribution >= 0.6 is 11.6 Å². The van der Waals surface area contributed by atoms with Gasteiger partial charge in [0.25, 0.3) is 0 Å². The van der Waals surface area contributed by atoms with Gasteiger partial charge in [0.1, 0.15) is 6.33 Å². The summed E-state index contributed by atoms with van der Waals surface area (Å²) in [6, 6.07) is 7.58. The van der Waals surface area contributed by atoms with Crippen molar-refractivity contribution in [1.29, 1.82) is 0 Å². The van der Waals surface area contributed by atoms with E-state index in [-0.39, 0.29) is 0 Å². The van der Waals surface area contributed by atoms with Gasteiger partial charge >= 0.3 is 0 Å². The van der Waals surface area contributed by atoms with Crippen molar-refractivity contribution >= 4 is 17.2 Å². The third-order valence-electron chi connectivity index (χ3n) is 3.52. The van der Waals surface area contributed by atoms with Gasteiger partial charge in [-0.25, -0.2) is 14.5 Å². The second kappa shape index (κ2) is 4.03. The van der Waals surface area contributed by atoms with Crippen molar-refractivity contribution in [1.82, 2.24) is 19.6 Å². The zero-order valence-corrected chi connectivity index (χ0v) is 10.9. The van der Waals surface area contributed by atoms with Gasteiger partial charge < -0.3 is 0 Å². The summed E-state index contributed by atoms with van der Waals surface area (Å²) in [4.78, 5) is 9.10. The number of hydrogen-bond donors (Lipinski definition) is 0. The van der Waals surface area contributed by atoms with Gasteiger partial charge in [0.05, 0.1) is 0 Å². The van der Waals surface area contributed by atoms with Crippen molar-refractivity contribution < 1.29 is 0 Å². The molecule has 0 spiro atoms. The second-order valence-electron chi connectivity index (χ2n) is 4.73. The molecule has 19 heavy (non-hydrogen) atoms. The molecule has 0 N–H and O–H groups in total. The van der Waals surface area contributed by atoms with Crippen molar-refractivity contribution in [2.24, 2.45) is 0 Å². The zero-order chi connectivity index (χ0) is 12.8. The number of rotatable bonds is 1. The Kier molecular flexibility index (Phi) is 2.32. The normalized spacial score (nSPS) is 13.9. The third kappa shape index (κ3) is 1.71. The molecule has 0 radical (unpaired) electrons. The van der Waals surface area contributed by atoms with Crippen molar-refractivity contribution in [3.63, 3.8) is 0 Å². The average molecular weight is 271 g/mol. The molecule has 94 valence electrons. The van der Waals surface area contributed by atoms with Crippen LogP contribution in [0.2, 0.25) is 5.02 Å². The molecule has 0 aliphatic heterocycles. The number of nitrogens with zero attached hydrogens (tertiary/aromatic N) is 4. The lowest BCUT2D eigenvalue weighted by Crippen LogP contribution is -1.96. The first kappa shape index (κ1) is 10.9. The van der Waals surface area contributed by atoms with E-state index in [2.05, 4.69) is 15.1 Å². The van der Waals surface area contributed by atoms with Crippen molar-refractivity contribution in [3.05, 3.63) is 46.9 Å². The van der Waals surface area contributed by atoms with Crippen LogP contribution in [0.4, 0.5) is 0 Å². The molecule has 3 aromatic rings. The van der Waals surface area contributed by atoms with Crippen LogP contribution < -0.4 is 0 Å². The van der Waals surface area contributed by atoms with Crippen LogP contribution in [0.5, 0.6) is 0 Å². The smallest absolute Gasteiger partial charge is 0.182 e. The molecule has 0 saturated carbocycles. The Morgan fingerprint density at radius 3 is 2.79 bits per heavy atom. The summed E-state index contributed by atoms with van der Waals surface area (Å²) in [6.45, 7) is 0. The summed E-state index contributed by atoms with van der Waals surface area (Å²) in [5, 5.41) is 5.21. The monoisotopic (exact) mass is 270 g/mol. The summed E-state index contributed by atoms with van der Waals surface area (Å²) in [6.07, 6.45) is 5.01. The van der Waals surface area contributed by atoms with E-state index >= 15 is 0 Å². The molecule has 1 aliphatic carbocycles. The Morgan fingerprint density at radius 1 is 1.11 bits per heavy atom. The van der Waals surface area contributed by atoms with Crippen LogP contribution in [0.3, 0.4) is 0 Å². The van der Waals surface area contributed by atoms with Gasteiger partial charge in [-0.1, -0.05) is 11.6 Å². The summed E-state index contributed by atoms with van der Waals surface area (Å²) in [5.74, 6) is 0.721. The van der Waals surface area contributed by atoms with Crippen molar-refractivity contribution in [2.45, 2.75) is 19.3 Å². The van der Waals surface area contributed by atoms with E-state index in [0.29, 0.717) is 0 Å². The Hall–Kier alpha value is -1.94. The van der Waals surface area contributed by atoms with Crippen LogP contribution in [0, 0.1) is 0 Å². The van der Waals surface area contributed by atoms with Gasteiger partial charge in [-0.15, -0.1) is 5.10 Å². The maximum absolute atomic E-state index is 5.90. The standard InChI is InChI=1S/C14H11ClN4/c15-10-6-4-9(5-7-10)13-17-14-11-2-1-3-12(11)16-8-19(14)18-13/h4-8H,1-3H2. The molecule has 0 fully saturated rings. The summed E-state index contributed by atoms with van der Waals surface area (Å²) in [7, 11) is 0. The Morgan fingerprint density at radius 2 is 1.95 bits per heavy atom. The van der Waals surface area contributed by atoms with Gasteiger partial charge in [0.15, 0.2) is 11.5 Å². The van der Waals surface area contributed by atoms with E-state index in [4.69, 9.17) is 11.6 Å². The van der Waals surface area contributed by atoms with Crippen LogP contribution in [0.15, 0.2) is 30.6 Å². The van der Waals surface area contributed by atoms with Gasteiger partial charge in [0.2, 0.25) is 0 Å². The first-order valence-corrected chi connectivity index (χ1v) is 6.68. The predicted molar refractivity (Wildman–Crippen MR) is 73.3 cm³/mol. The summed E-state index contributed by atoms with van der Waals surface area (Å²) < 4.78 is 1.77. The number of hydrogen-bond acceptors (Lipinski definition) is 3. The molecule has 0 bridgehead atoms. The van der Waals surface area contributed by atoms with Gasteiger partial charge in [-0.2, -0.15) is 0 Å². The largest absolute Gasteiger partial charge is 0.241 e. The van der Waals surface area contributed by atoms with E-state index in [0.717, 1.165) is 41.3 Å². The lowest BCUT2D eigenvalue weighted by molar-refractivity contribution is 0.888. The Balaban J connectivity index is 1.90. The molecule has 2 aromatic heterocycles. The van der Waals surface area contributed by atoms with Crippen LogP contribution in [0.1, 0.15) is 17.7 Å². The minimum Gasteiger partial charge on any atom is -0.241 e. The number of fused-ring (bicyclic) bond motifs is 3. The minimum atomic E-state index is 0.718. The highest BCUT2D eigenvalue weighted by atomic mass is 35.5. The molecule has 4 nitrogen and oxygen atoms in total. The van der Waals surface area contributed by atoms with Gasteiger partial charge in [0, 0.05) is 21.8 Å². The van der Waals surface area contributed by atoms with Crippen LogP contribution in [-0.2, 0) is 12.8 Å². The minimum absolute atomic E-state index is 0.718. The third-order valence-corrected chi connectivity index (χ3v) is 3.77. The summed E-state index contributed by atoms with van der Waals surface area (Å²) >= 11 is 5.90. The Bertz CT molecular complexity index is 761. The number of aryl methyl sites for hydroxylation is 2. The van der Waals surface area contributed by atoms with Crippen LogP contribution in [-0.4, -0.2) is 19.6 Å². The lowest BCUT2D eigenvalue weighted by atomic mass is 10.2. The fraction of sp³-hybridized carbons (Fsp3) is 0.214. The summed E-state index contributed by atoms with van der Waals surface area (Å²) in [5.41, 5.74) is 4.32. The molecule has 4 rings (SSSR count). The quantitative estimate of drug-likeness (QED) is 0.683. The highest BCUT2D eigenvalue weighted by Crippen LogP contribution is 2.25.